The second-order valence-corrected chi connectivity index (χ2v) is 5.87. The van der Waals surface area contributed by atoms with Crippen molar-refractivity contribution in [1.29, 1.82) is 0 Å². The number of rotatable bonds is 8. The first-order chi connectivity index (χ1) is 11.3. The Kier molecular flexibility index (Phi) is 4.92. The van der Waals surface area contributed by atoms with E-state index < -0.39 is 0 Å². The number of nitrogens with zero attached hydrogens (tertiary/aromatic N) is 2. The summed E-state index contributed by atoms with van der Waals surface area (Å²) in [4.78, 5) is 11.6. The average molecular weight is 314 g/mol. The Bertz CT molecular complexity index is 637. The van der Waals surface area contributed by atoms with E-state index in [1.54, 1.807) is 10.9 Å². The second-order valence-electron chi connectivity index (χ2n) is 5.87. The molecule has 6 nitrogen and oxygen atoms in total. The summed E-state index contributed by atoms with van der Waals surface area (Å²) >= 11 is 0. The van der Waals surface area contributed by atoms with Gasteiger partial charge in [-0.3, -0.25) is 9.48 Å². The van der Waals surface area contributed by atoms with Gasteiger partial charge in [0.05, 0.1) is 24.5 Å². The van der Waals surface area contributed by atoms with Gasteiger partial charge in [-0.1, -0.05) is 30.3 Å². The Balaban J connectivity index is 1.62. The minimum absolute atomic E-state index is 0.0577. The van der Waals surface area contributed by atoms with Gasteiger partial charge < -0.3 is 15.7 Å². The highest BCUT2D eigenvalue weighted by molar-refractivity contribution is 5.75. The number of carbonyl (C=O) groups excluding carboxylic acids is 1. The Morgan fingerprint density at radius 1 is 1.35 bits per heavy atom. The summed E-state index contributed by atoms with van der Waals surface area (Å²) < 4.78 is 1.60. The van der Waals surface area contributed by atoms with Crippen LogP contribution in [0.3, 0.4) is 0 Å². The molecule has 3 N–H and O–H groups in total. The molecule has 1 aromatic heterocycles. The molecule has 1 aliphatic carbocycles. The normalized spacial score (nSPS) is 15.2. The number of carbonyl (C=O) groups is 1. The molecule has 1 aliphatic rings. The van der Waals surface area contributed by atoms with Crippen molar-refractivity contribution in [2.75, 3.05) is 18.5 Å². The van der Waals surface area contributed by atoms with Crippen LogP contribution < -0.4 is 10.6 Å². The van der Waals surface area contributed by atoms with Crippen molar-refractivity contribution in [3.05, 3.63) is 48.3 Å². The summed E-state index contributed by atoms with van der Waals surface area (Å²) in [6.45, 7) is 0.363. The van der Waals surface area contributed by atoms with Gasteiger partial charge in [0.15, 0.2) is 0 Å². The van der Waals surface area contributed by atoms with Crippen molar-refractivity contribution in [2.24, 2.45) is 5.92 Å². The molecule has 0 spiro atoms. The largest absolute Gasteiger partial charge is 0.395 e. The Morgan fingerprint density at radius 2 is 2.13 bits per heavy atom. The molecule has 1 saturated carbocycles. The average Bonchev–Trinajstić information content (AvgIpc) is 3.32. The lowest BCUT2D eigenvalue weighted by molar-refractivity contribution is -0.122. The minimum atomic E-state index is -0.157. The number of amides is 1. The van der Waals surface area contributed by atoms with Gasteiger partial charge >= 0.3 is 0 Å². The molecule has 122 valence electrons. The van der Waals surface area contributed by atoms with Crippen LogP contribution in [0.25, 0.3) is 0 Å². The van der Waals surface area contributed by atoms with E-state index in [4.69, 9.17) is 5.11 Å². The predicted molar refractivity (Wildman–Crippen MR) is 87.9 cm³/mol. The predicted octanol–water partition coefficient (Wildman–Crippen LogP) is 1.55. The topological polar surface area (TPSA) is 79.2 Å². The maximum atomic E-state index is 11.6. The summed E-state index contributed by atoms with van der Waals surface area (Å²) in [6, 6.07) is 10.7. The van der Waals surface area contributed by atoms with Crippen molar-refractivity contribution >= 4 is 11.6 Å². The van der Waals surface area contributed by atoms with Crippen molar-refractivity contribution in [1.82, 2.24) is 15.1 Å². The highest BCUT2D eigenvalue weighted by atomic mass is 16.3. The maximum Gasteiger partial charge on any atom is 0.241 e. The molecule has 1 unspecified atom stereocenters. The van der Waals surface area contributed by atoms with Crippen molar-refractivity contribution in [3.8, 4) is 0 Å². The lowest BCUT2D eigenvalue weighted by Crippen LogP contribution is -2.30. The van der Waals surface area contributed by atoms with Crippen molar-refractivity contribution < 1.29 is 9.90 Å². The monoisotopic (exact) mass is 314 g/mol. The van der Waals surface area contributed by atoms with E-state index in [0.29, 0.717) is 5.92 Å². The van der Waals surface area contributed by atoms with Crippen LogP contribution in [0.4, 0.5) is 5.69 Å². The van der Waals surface area contributed by atoms with Gasteiger partial charge in [-0.05, 0) is 24.3 Å². The van der Waals surface area contributed by atoms with E-state index >= 15 is 0 Å². The molecule has 0 saturated heterocycles. The van der Waals surface area contributed by atoms with Crippen molar-refractivity contribution in [3.63, 3.8) is 0 Å². The van der Waals surface area contributed by atoms with Crippen molar-refractivity contribution in [2.45, 2.75) is 25.4 Å². The zero-order valence-electron chi connectivity index (χ0n) is 13.0. The third-order valence-corrected chi connectivity index (χ3v) is 3.95. The Hall–Kier alpha value is -2.34. The summed E-state index contributed by atoms with van der Waals surface area (Å²) in [5.74, 6) is 0.504. The van der Waals surface area contributed by atoms with E-state index in [0.717, 1.165) is 5.69 Å². The number of aromatic nitrogens is 2. The molecule has 1 amide bonds. The van der Waals surface area contributed by atoms with Crippen LogP contribution in [0, 0.1) is 5.92 Å². The first kappa shape index (κ1) is 15.6. The van der Waals surface area contributed by atoms with Gasteiger partial charge in [0.25, 0.3) is 0 Å². The van der Waals surface area contributed by atoms with Crippen LogP contribution in [0.2, 0.25) is 0 Å². The molecular weight excluding hydrogens is 292 g/mol. The third-order valence-electron chi connectivity index (χ3n) is 3.95. The number of nitrogens with one attached hydrogen (secondary N) is 2. The molecule has 0 bridgehead atoms. The van der Waals surface area contributed by atoms with E-state index in [9.17, 15) is 4.79 Å². The summed E-state index contributed by atoms with van der Waals surface area (Å²) in [5.41, 5.74) is 2.20. The van der Waals surface area contributed by atoms with Crippen LogP contribution in [0.5, 0.6) is 0 Å². The molecule has 1 fully saturated rings. The van der Waals surface area contributed by atoms with Crippen LogP contribution in [-0.2, 0) is 11.3 Å². The molecule has 0 aliphatic heterocycles. The fourth-order valence-electron chi connectivity index (χ4n) is 2.67. The first-order valence-electron chi connectivity index (χ1n) is 7.98. The molecule has 0 radical (unpaired) electrons. The molecule has 1 heterocycles. The quantitative estimate of drug-likeness (QED) is 0.691. The summed E-state index contributed by atoms with van der Waals surface area (Å²) in [6.07, 6.45) is 6.07. The SMILES string of the molecule is O=C(Cn1cc(NC(c2ccccc2)C2CC2)cn1)NCCO. The van der Waals surface area contributed by atoms with Crippen LogP contribution in [0.15, 0.2) is 42.7 Å². The van der Waals surface area contributed by atoms with Gasteiger partial charge in [0, 0.05) is 12.7 Å². The first-order valence-corrected chi connectivity index (χ1v) is 7.98. The zero-order chi connectivity index (χ0) is 16.1. The number of hydrogen-bond acceptors (Lipinski definition) is 4. The lowest BCUT2D eigenvalue weighted by Gasteiger charge is -2.18. The lowest BCUT2D eigenvalue weighted by atomic mass is 10.0. The van der Waals surface area contributed by atoms with E-state index in [1.807, 2.05) is 12.3 Å². The summed E-state index contributed by atoms with van der Waals surface area (Å²) in [5, 5.41) is 19.1. The van der Waals surface area contributed by atoms with Crippen LogP contribution in [0.1, 0.15) is 24.4 Å². The Morgan fingerprint density at radius 3 is 2.83 bits per heavy atom. The standard InChI is InChI=1S/C17H22N4O2/c22-9-8-18-16(23)12-21-11-15(10-19-21)20-17(14-6-7-14)13-4-2-1-3-5-13/h1-5,10-11,14,17,20,22H,6-9,12H2,(H,18,23). The molecule has 6 heteroatoms. The number of aliphatic hydroxyl groups is 1. The van der Waals surface area contributed by atoms with E-state index in [-0.39, 0.29) is 31.6 Å². The maximum absolute atomic E-state index is 11.6. The fourth-order valence-corrected chi connectivity index (χ4v) is 2.67. The second kappa shape index (κ2) is 7.28. The number of aliphatic hydroxyl groups excluding tert-OH is 1. The molecule has 1 aromatic carbocycles. The number of hydrogen-bond donors (Lipinski definition) is 3. The van der Waals surface area contributed by atoms with Gasteiger partial charge in [-0.25, -0.2) is 0 Å². The van der Waals surface area contributed by atoms with Crippen LogP contribution >= 0.6 is 0 Å². The van der Waals surface area contributed by atoms with E-state index in [2.05, 4.69) is 40.0 Å². The highest BCUT2D eigenvalue weighted by Gasteiger charge is 2.32. The zero-order valence-corrected chi connectivity index (χ0v) is 13.0. The van der Waals surface area contributed by atoms with Gasteiger partial charge in [0.1, 0.15) is 6.54 Å². The molecular formula is C17H22N4O2. The summed E-state index contributed by atoms with van der Waals surface area (Å²) in [7, 11) is 0. The van der Waals surface area contributed by atoms with E-state index in [1.165, 1.54) is 18.4 Å². The molecule has 23 heavy (non-hydrogen) atoms. The van der Waals surface area contributed by atoms with Gasteiger partial charge in [0.2, 0.25) is 5.91 Å². The van der Waals surface area contributed by atoms with Gasteiger partial charge in [-0.2, -0.15) is 5.10 Å². The smallest absolute Gasteiger partial charge is 0.241 e. The fraction of sp³-hybridized carbons (Fsp3) is 0.412. The number of anilines is 1. The van der Waals surface area contributed by atoms with Crippen LogP contribution in [-0.4, -0.2) is 33.9 Å². The molecule has 1 atom stereocenters. The third kappa shape index (κ3) is 4.32. The van der Waals surface area contributed by atoms with Gasteiger partial charge in [-0.15, -0.1) is 0 Å². The molecule has 2 aromatic rings. The molecule has 3 rings (SSSR count). The minimum Gasteiger partial charge on any atom is -0.395 e. The number of benzene rings is 1. The highest BCUT2D eigenvalue weighted by Crippen LogP contribution is 2.42. The Labute approximate surface area is 135 Å².